The Morgan fingerprint density at radius 1 is 1.33 bits per heavy atom. The van der Waals surface area contributed by atoms with Gasteiger partial charge in [-0.25, -0.2) is 0 Å². The molecule has 1 fully saturated rings. The summed E-state index contributed by atoms with van der Waals surface area (Å²) < 4.78 is 10.4. The summed E-state index contributed by atoms with van der Waals surface area (Å²) in [6, 6.07) is 0.336. The molecule has 0 aromatic rings. The lowest BCUT2D eigenvalue weighted by Gasteiger charge is -2.27. The monoisotopic (exact) mass is 259 g/mol. The quantitative estimate of drug-likeness (QED) is 0.610. The Kier molecular flexibility index (Phi) is 7.96. The number of hydrogen-bond acceptors (Lipinski definition) is 4. The second kappa shape index (κ2) is 9.30. The first-order chi connectivity index (χ1) is 8.74. The highest BCUT2D eigenvalue weighted by molar-refractivity contribution is 5.70. The van der Waals surface area contributed by atoms with Gasteiger partial charge < -0.3 is 19.9 Å². The summed E-state index contributed by atoms with van der Waals surface area (Å²) in [7, 11) is 1.68. The van der Waals surface area contributed by atoms with E-state index in [1.165, 1.54) is 0 Å². The highest BCUT2D eigenvalue weighted by Crippen LogP contribution is 2.24. The molecule has 1 aliphatic carbocycles. The fraction of sp³-hybridized carbons (Fsp3) is 0.923. The van der Waals surface area contributed by atoms with E-state index in [1.807, 2.05) is 0 Å². The van der Waals surface area contributed by atoms with Crippen LogP contribution in [0.5, 0.6) is 0 Å². The van der Waals surface area contributed by atoms with Crippen molar-refractivity contribution in [3.8, 4) is 0 Å². The predicted octanol–water partition coefficient (Wildman–Crippen LogP) is 1.27. The van der Waals surface area contributed by atoms with Crippen LogP contribution in [0.1, 0.15) is 32.1 Å². The number of ether oxygens (including phenoxy) is 2. The summed E-state index contributed by atoms with van der Waals surface area (Å²) in [6.45, 7) is 2.93. The fourth-order valence-corrected chi connectivity index (χ4v) is 2.34. The Bertz CT molecular complexity index is 235. The van der Waals surface area contributed by atoms with Crippen LogP contribution in [0.3, 0.4) is 0 Å². The number of methoxy groups -OCH3 is 1. The third-order valence-corrected chi connectivity index (χ3v) is 3.34. The van der Waals surface area contributed by atoms with Gasteiger partial charge in [0.2, 0.25) is 0 Å². The van der Waals surface area contributed by atoms with Gasteiger partial charge in [0.05, 0.1) is 12.5 Å². The van der Waals surface area contributed by atoms with Gasteiger partial charge in [-0.3, -0.25) is 4.79 Å². The smallest absolute Gasteiger partial charge is 0.306 e. The molecule has 2 unspecified atom stereocenters. The number of nitrogens with one attached hydrogen (secondary N) is 1. The maximum absolute atomic E-state index is 10.9. The first-order valence-electron chi connectivity index (χ1n) is 6.77. The van der Waals surface area contributed by atoms with Crippen molar-refractivity contribution >= 4 is 5.97 Å². The maximum Gasteiger partial charge on any atom is 0.306 e. The third kappa shape index (κ3) is 6.33. The van der Waals surface area contributed by atoms with Gasteiger partial charge in [-0.15, -0.1) is 0 Å². The molecule has 18 heavy (non-hydrogen) atoms. The lowest BCUT2D eigenvalue weighted by molar-refractivity contribution is -0.143. The molecule has 0 aliphatic heterocycles. The molecule has 0 aromatic heterocycles. The number of carboxylic acid groups (broad SMARTS) is 1. The first kappa shape index (κ1) is 15.4. The molecule has 106 valence electrons. The molecule has 0 aromatic carbocycles. The maximum atomic E-state index is 10.9. The van der Waals surface area contributed by atoms with Crippen LogP contribution in [-0.4, -0.2) is 50.6 Å². The Labute approximate surface area is 109 Å². The molecular formula is C13H25NO4. The lowest BCUT2D eigenvalue weighted by Crippen LogP contribution is -2.38. The van der Waals surface area contributed by atoms with Gasteiger partial charge in [-0.2, -0.15) is 0 Å². The average molecular weight is 259 g/mol. The molecule has 1 saturated carbocycles. The Morgan fingerprint density at radius 2 is 2.17 bits per heavy atom. The van der Waals surface area contributed by atoms with Crippen molar-refractivity contribution in [3.63, 3.8) is 0 Å². The molecule has 0 bridgehead atoms. The van der Waals surface area contributed by atoms with Crippen LogP contribution in [0.2, 0.25) is 0 Å². The van der Waals surface area contributed by atoms with Crippen molar-refractivity contribution in [2.75, 3.05) is 33.5 Å². The van der Waals surface area contributed by atoms with Gasteiger partial charge in [0.1, 0.15) is 0 Å². The summed E-state index contributed by atoms with van der Waals surface area (Å²) in [5.74, 6) is -0.823. The first-order valence-corrected chi connectivity index (χ1v) is 6.77. The molecule has 1 aliphatic rings. The minimum absolute atomic E-state index is 0.168. The van der Waals surface area contributed by atoms with E-state index in [-0.39, 0.29) is 5.92 Å². The minimum atomic E-state index is -0.655. The van der Waals surface area contributed by atoms with Crippen molar-refractivity contribution in [1.29, 1.82) is 0 Å². The van der Waals surface area contributed by atoms with Crippen LogP contribution in [0.4, 0.5) is 0 Å². The number of aliphatic carboxylic acids is 1. The zero-order valence-electron chi connectivity index (χ0n) is 11.2. The Hall–Kier alpha value is -0.650. The van der Waals surface area contributed by atoms with Crippen LogP contribution >= 0.6 is 0 Å². The largest absolute Gasteiger partial charge is 0.481 e. The SMILES string of the molecule is COCCCOCCNC1CCCC(C(=O)O)C1. The number of carbonyl (C=O) groups is 1. The summed E-state index contributed by atoms with van der Waals surface area (Å²) in [4.78, 5) is 10.9. The van der Waals surface area contributed by atoms with Gasteiger partial charge in [-0.05, 0) is 25.7 Å². The van der Waals surface area contributed by atoms with Gasteiger partial charge >= 0.3 is 5.97 Å². The summed E-state index contributed by atoms with van der Waals surface area (Å²) >= 11 is 0. The van der Waals surface area contributed by atoms with E-state index in [0.29, 0.717) is 12.6 Å². The van der Waals surface area contributed by atoms with E-state index in [4.69, 9.17) is 14.6 Å². The van der Waals surface area contributed by atoms with Crippen LogP contribution in [0.15, 0.2) is 0 Å². The number of hydrogen-bond donors (Lipinski definition) is 2. The molecule has 0 spiro atoms. The van der Waals surface area contributed by atoms with Crippen LogP contribution in [0, 0.1) is 5.92 Å². The van der Waals surface area contributed by atoms with Gasteiger partial charge in [0.15, 0.2) is 0 Å². The standard InChI is InChI=1S/C13H25NO4/c1-17-7-3-8-18-9-6-14-12-5-2-4-11(10-12)13(15)16/h11-12,14H,2-10H2,1H3,(H,15,16). The van der Waals surface area contributed by atoms with Gasteiger partial charge in [0.25, 0.3) is 0 Å². The van der Waals surface area contributed by atoms with E-state index < -0.39 is 5.97 Å². The molecule has 2 N–H and O–H groups in total. The van der Waals surface area contributed by atoms with Gasteiger partial charge in [0, 0.05) is 32.9 Å². The summed E-state index contributed by atoms with van der Waals surface area (Å²) in [5.41, 5.74) is 0. The topological polar surface area (TPSA) is 67.8 Å². The normalized spacial score (nSPS) is 24.1. The molecule has 0 saturated heterocycles. The number of carboxylic acids is 1. The fourth-order valence-electron chi connectivity index (χ4n) is 2.34. The average Bonchev–Trinajstić information content (AvgIpc) is 2.38. The van der Waals surface area contributed by atoms with Crippen LogP contribution in [-0.2, 0) is 14.3 Å². The Morgan fingerprint density at radius 3 is 2.89 bits per heavy atom. The molecular weight excluding hydrogens is 234 g/mol. The van der Waals surface area contributed by atoms with E-state index in [9.17, 15) is 4.79 Å². The molecule has 2 atom stereocenters. The number of rotatable bonds is 9. The van der Waals surface area contributed by atoms with Crippen molar-refractivity contribution in [3.05, 3.63) is 0 Å². The second-order valence-corrected chi connectivity index (χ2v) is 4.81. The summed E-state index contributed by atoms with van der Waals surface area (Å²) in [5, 5.41) is 12.4. The summed E-state index contributed by atoms with van der Waals surface area (Å²) in [6.07, 6.45) is 4.57. The van der Waals surface area contributed by atoms with Crippen LogP contribution < -0.4 is 5.32 Å². The van der Waals surface area contributed by atoms with Gasteiger partial charge in [-0.1, -0.05) is 6.42 Å². The second-order valence-electron chi connectivity index (χ2n) is 4.81. The van der Waals surface area contributed by atoms with E-state index >= 15 is 0 Å². The van der Waals surface area contributed by atoms with E-state index in [2.05, 4.69) is 5.32 Å². The third-order valence-electron chi connectivity index (χ3n) is 3.34. The minimum Gasteiger partial charge on any atom is -0.481 e. The highest BCUT2D eigenvalue weighted by Gasteiger charge is 2.26. The molecule has 5 heteroatoms. The zero-order chi connectivity index (χ0) is 13.2. The molecule has 0 radical (unpaired) electrons. The van der Waals surface area contributed by atoms with E-state index in [0.717, 1.165) is 51.9 Å². The predicted molar refractivity (Wildman–Crippen MR) is 68.7 cm³/mol. The van der Waals surface area contributed by atoms with Crippen molar-refractivity contribution < 1.29 is 19.4 Å². The molecule has 5 nitrogen and oxygen atoms in total. The molecule has 0 heterocycles. The van der Waals surface area contributed by atoms with E-state index in [1.54, 1.807) is 7.11 Å². The van der Waals surface area contributed by atoms with Crippen LogP contribution in [0.25, 0.3) is 0 Å². The zero-order valence-corrected chi connectivity index (χ0v) is 11.2. The highest BCUT2D eigenvalue weighted by atomic mass is 16.5. The molecule has 1 rings (SSSR count). The van der Waals surface area contributed by atoms with Crippen molar-refractivity contribution in [1.82, 2.24) is 5.32 Å². The van der Waals surface area contributed by atoms with Crippen molar-refractivity contribution in [2.45, 2.75) is 38.1 Å². The Balaban J connectivity index is 2.00. The lowest BCUT2D eigenvalue weighted by atomic mass is 9.86. The molecule has 0 amide bonds. The van der Waals surface area contributed by atoms with Crippen molar-refractivity contribution in [2.24, 2.45) is 5.92 Å².